The number of nitrogens with zero attached hydrogens (tertiary/aromatic N) is 1. The molecule has 0 aromatic carbocycles. The molecule has 2 amide bonds. The van der Waals surface area contributed by atoms with E-state index in [1.54, 1.807) is 11.0 Å². The molecule has 3 N–H and O–H groups in total. The zero-order valence-corrected chi connectivity index (χ0v) is 19.5. The monoisotopic (exact) mass is 447 g/mol. The number of nitrogens with one attached hydrogen (secondary N) is 2. The molecule has 2 saturated carbocycles. The molecular weight excluding hydrogens is 410 g/mol. The standard InChI is InChI=1S/C24H37N3O5/c1-6-16-14-24(16,22(30)31)26-20(28)18-12-9-13-27(18)21(29)19(23(3,4)5)25-15(2)32-17-10-7-8-11-17/h6,16-19,25H,1-2,7-14H2,3-5H3,(H,26,28)(H,30,31)/t16-,18+,19-,24-/m1/s1. The number of likely N-dealkylation sites (tertiary alicyclic amines) is 1. The van der Waals surface area contributed by atoms with Crippen molar-refractivity contribution in [2.24, 2.45) is 11.3 Å². The Hall–Kier alpha value is -2.51. The minimum absolute atomic E-state index is 0.125. The van der Waals surface area contributed by atoms with Crippen molar-refractivity contribution in [3.63, 3.8) is 0 Å². The lowest BCUT2D eigenvalue weighted by Gasteiger charge is -2.36. The molecule has 0 spiro atoms. The van der Waals surface area contributed by atoms with E-state index in [0.717, 1.165) is 25.7 Å². The Bertz CT molecular complexity index is 783. The molecule has 1 aliphatic heterocycles. The van der Waals surface area contributed by atoms with Crippen LogP contribution >= 0.6 is 0 Å². The van der Waals surface area contributed by atoms with Crippen LogP contribution in [0, 0.1) is 11.3 Å². The number of aliphatic carboxylic acids is 1. The van der Waals surface area contributed by atoms with Gasteiger partial charge >= 0.3 is 5.97 Å². The topological polar surface area (TPSA) is 108 Å². The zero-order chi connectivity index (χ0) is 23.7. The average Bonchev–Trinajstić information content (AvgIpc) is 3.06. The second kappa shape index (κ2) is 9.16. The van der Waals surface area contributed by atoms with Crippen LogP contribution in [0.5, 0.6) is 0 Å². The summed E-state index contributed by atoms with van der Waals surface area (Å²) in [5, 5.41) is 15.5. The van der Waals surface area contributed by atoms with Crippen molar-refractivity contribution >= 4 is 17.8 Å². The van der Waals surface area contributed by atoms with Gasteiger partial charge in [0, 0.05) is 12.5 Å². The van der Waals surface area contributed by atoms with E-state index in [1.165, 1.54) is 0 Å². The van der Waals surface area contributed by atoms with Crippen LogP contribution in [-0.2, 0) is 19.1 Å². The van der Waals surface area contributed by atoms with Crippen LogP contribution in [-0.4, -0.2) is 58.1 Å². The smallest absolute Gasteiger partial charge is 0.330 e. The lowest BCUT2D eigenvalue weighted by molar-refractivity contribution is -0.146. The molecule has 3 aliphatic rings. The third kappa shape index (κ3) is 4.94. The Kier molecular flexibility index (Phi) is 6.91. The molecule has 3 fully saturated rings. The van der Waals surface area contributed by atoms with Crippen molar-refractivity contribution in [1.82, 2.24) is 15.5 Å². The summed E-state index contributed by atoms with van der Waals surface area (Å²) < 4.78 is 5.92. The maximum atomic E-state index is 13.6. The third-order valence-electron chi connectivity index (χ3n) is 6.90. The van der Waals surface area contributed by atoms with Crippen molar-refractivity contribution in [3.8, 4) is 0 Å². The number of rotatable bonds is 9. The van der Waals surface area contributed by atoms with Gasteiger partial charge in [-0.05, 0) is 56.9 Å². The summed E-state index contributed by atoms with van der Waals surface area (Å²) in [7, 11) is 0. The summed E-state index contributed by atoms with van der Waals surface area (Å²) in [6, 6.07) is -1.32. The average molecular weight is 448 g/mol. The predicted molar refractivity (Wildman–Crippen MR) is 120 cm³/mol. The van der Waals surface area contributed by atoms with Crippen LogP contribution in [0.1, 0.15) is 65.7 Å². The largest absolute Gasteiger partial charge is 0.479 e. The molecule has 8 nitrogen and oxygen atoms in total. The number of hydrogen-bond donors (Lipinski definition) is 3. The lowest BCUT2D eigenvalue weighted by Crippen LogP contribution is -2.58. The molecule has 0 aromatic rings. The summed E-state index contributed by atoms with van der Waals surface area (Å²) in [6.07, 6.45) is 7.43. The Balaban J connectivity index is 1.69. The minimum Gasteiger partial charge on any atom is -0.479 e. The summed E-state index contributed by atoms with van der Waals surface area (Å²) in [5.41, 5.74) is -1.75. The van der Waals surface area contributed by atoms with Gasteiger partial charge in [-0.25, -0.2) is 4.79 Å². The van der Waals surface area contributed by atoms with Gasteiger partial charge in [-0.3, -0.25) is 9.59 Å². The number of ether oxygens (including phenoxy) is 1. The highest BCUT2D eigenvalue weighted by Crippen LogP contribution is 2.45. The van der Waals surface area contributed by atoms with Crippen molar-refractivity contribution in [1.29, 1.82) is 0 Å². The van der Waals surface area contributed by atoms with Crippen molar-refractivity contribution in [2.45, 2.75) is 89.4 Å². The predicted octanol–water partition coefficient (Wildman–Crippen LogP) is 2.56. The van der Waals surface area contributed by atoms with Crippen LogP contribution < -0.4 is 10.6 Å². The lowest BCUT2D eigenvalue weighted by atomic mass is 9.85. The van der Waals surface area contributed by atoms with Crippen LogP contribution in [0.2, 0.25) is 0 Å². The summed E-state index contributed by atoms with van der Waals surface area (Å²) in [6.45, 7) is 13.9. The number of amides is 2. The maximum absolute atomic E-state index is 13.6. The molecule has 8 heteroatoms. The van der Waals surface area contributed by atoms with Gasteiger partial charge in [0.15, 0.2) is 5.88 Å². The molecular formula is C24H37N3O5. The second-order valence-electron chi connectivity index (χ2n) is 10.4. The van der Waals surface area contributed by atoms with Crippen molar-refractivity contribution in [2.75, 3.05) is 6.54 Å². The van der Waals surface area contributed by atoms with E-state index < -0.39 is 34.9 Å². The molecule has 0 radical (unpaired) electrons. The first-order valence-corrected chi connectivity index (χ1v) is 11.6. The first kappa shape index (κ1) is 24.1. The third-order valence-corrected chi connectivity index (χ3v) is 6.90. The fourth-order valence-corrected chi connectivity index (χ4v) is 4.84. The Morgan fingerprint density at radius 3 is 2.38 bits per heavy atom. The molecule has 0 bridgehead atoms. The fourth-order valence-electron chi connectivity index (χ4n) is 4.84. The van der Waals surface area contributed by atoms with E-state index in [0.29, 0.717) is 31.7 Å². The molecule has 3 rings (SSSR count). The van der Waals surface area contributed by atoms with Gasteiger partial charge < -0.3 is 25.4 Å². The summed E-state index contributed by atoms with van der Waals surface area (Å²) in [4.78, 5) is 39.9. The molecule has 4 atom stereocenters. The second-order valence-corrected chi connectivity index (χ2v) is 10.4. The number of hydrogen-bond acceptors (Lipinski definition) is 5. The van der Waals surface area contributed by atoms with Gasteiger partial charge in [-0.15, -0.1) is 6.58 Å². The van der Waals surface area contributed by atoms with Crippen molar-refractivity contribution in [3.05, 3.63) is 25.1 Å². The molecule has 178 valence electrons. The maximum Gasteiger partial charge on any atom is 0.330 e. The number of carbonyl (C=O) groups excluding carboxylic acids is 2. The molecule has 0 aromatic heterocycles. The molecule has 32 heavy (non-hydrogen) atoms. The zero-order valence-electron chi connectivity index (χ0n) is 19.5. The highest BCUT2D eigenvalue weighted by molar-refractivity contribution is 5.95. The normalized spacial score (nSPS) is 28.7. The quantitative estimate of drug-likeness (QED) is 0.370. The van der Waals surface area contributed by atoms with Gasteiger partial charge in [-0.1, -0.05) is 26.8 Å². The van der Waals surface area contributed by atoms with Crippen LogP contribution in [0.25, 0.3) is 0 Å². The van der Waals surface area contributed by atoms with Gasteiger partial charge in [0.25, 0.3) is 0 Å². The van der Waals surface area contributed by atoms with Crippen LogP contribution in [0.3, 0.4) is 0 Å². The van der Waals surface area contributed by atoms with Crippen LogP contribution in [0.15, 0.2) is 25.1 Å². The molecule has 0 unspecified atom stereocenters. The van der Waals surface area contributed by atoms with E-state index >= 15 is 0 Å². The number of carboxylic acid groups (broad SMARTS) is 1. The van der Waals surface area contributed by atoms with Gasteiger partial charge in [0.1, 0.15) is 23.7 Å². The molecule has 2 aliphatic carbocycles. The summed E-state index contributed by atoms with van der Waals surface area (Å²) in [5.74, 6) is -1.61. The first-order chi connectivity index (χ1) is 15.0. The van der Waals surface area contributed by atoms with E-state index in [4.69, 9.17) is 4.74 Å². The highest BCUT2D eigenvalue weighted by atomic mass is 16.5. The fraction of sp³-hybridized carbons (Fsp3) is 0.708. The van der Waals surface area contributed by atoms with Gasteiger partial charge in [-0.2, -0.15) is 0 Å². The van der Waals surface area contributed by atoms with E-state index in [9.17, 15) is 19.5 Å². The van der Waals surface area contributed by atoms with Crippen LogP contribution in [0.4, 0.5) is 0 Å². The van der Waals surface area contributed by atoms with E-state index in [1.807, 2.05) is 20.8 Å². The Labute approximate surface area is 190 Å². The van der Waals surface area contributed by atoms with E-state index in [-0.39, 0.29) is 17.9 Å². The van der Waals surface area contributed by atoms with Gasteiger partial charge in [0.2, 0.25) is 11.8 Å². The molecule has 1 saturated heterocycles. The number of carbonyl (C=O) groups is 3. The van der Waals surface area contributed by atoms with Gasteiger partial charge in [0.05, 0.1) is 0 Å². The van der Waals surface area contributed by atoms with E-state index in [2.05, 4.69) is 23.8 Å². The Morgan fingerprint density at radius 1 is 1.19 bits per heavy atom. The first-order valence-electron chi connectivity index (χ1n) is 11.6. The molecule has 1 heterocycles. The number of carboxylic acids is 1. The SMILES string of the molecule is C=C[C@@H]1C[C@]1(NC(=O)[C@@H]1CCCN1C(=O)[C@@H](NC(=C)OC1CCCC1)C(C)(C)C)C(=O)O. The van der Waals surface area contributed by atoms with Crippen molar-refractivity contribution < 1.29 is 24.2 Å². The minimum atomic E-state index is -1.30. The highest BCUT2D eigenvalue weighted by Gasteiger charge is 2.61. The Morgan fingerprint density at radius 2 is 1.84 bits per heavy atom. The summed E-state index contributed by atoms with van der Waals surface area (Å²) >= 11 is 0.